The van der Waals surface area contributed by atoms with Crippen LogP contribution in [0.4, 0.5) is 0 Å². The molecule has 0 saturated carbocycles. The molecule has 0 radical (unpaired) electrons. The molecule has 0 fully saturated rings. The molecule has 5 nitrogen and oxygen atoms in total. The van der Waals surface area contributed by atoms with Crippen LogP contribution in [0, 0.1) is 0 Å². The van der Waals surface area contributed by atoms with Crippen molar-refractivity contribution in [2.45, 2.75) is 0 Å². The molecule has 0 spiro atoms. The molecule has 0 amide bonds. The second-order valence-corrected chi connectivity index (χ2v) is 2.68. The molecule has 0 unspecified atom stereocenters. The number of nitrogens with one attached hydrogen (secondary N) is 1. The molecule has 0 aliphatic heterocycles. The van der Waals surface area contributed by atoms with Crippen molar-refractivity contribution in [3.8, 4) is 0 Å². The van der Waals surface area contributed by atoms with Gasteiger partial charge < -0.3 is 15.2 Å². The molecular weight excluding hydrogens is 198 g/mol. The zero-order valence-electron chi connectivity index (χ0n) is 7.68. The maximum atomic E-state index is 9.10. The minimum Gasteiger partial charge on any atom is -0.473 e. The predicted molar refractivity (Wildman–Crippen MR) is 53.6 cm³/mol. The third kappa shape index (κ3) is 3.15. The van der Waals surface area contributed by atoms with E-state index in [0.717, 1.165) is 0 Å². The Balaban J connectivity index is 0.000000167. The Morgan fingerprint density at radius 3 is 2.13 bits per heavy atom. The van der Waals surface area contributed by atoms with E-state index in [1.165, 1.54) is 10.9 Å². The van der Waals surface area contributed by atoms with E-state index in [1.54, 1.807) is 0 Å². The van der Waals surface area contributed by atoms with Crippen LogP contribution in [0.15, 0.2) is 36.5 Å². The fraction of sp³-hybridized carbons (Fsp3) is 0. The summed E-state index contributed by atoms with van der Waals surface area (Å²) in [6.07, 6.45) is 1.95. The molecule has 1 heterocycles. The van der Waals surface area contributed by atoms with Crippen LogP contribution in [-0.4, -0.2) is 27.1 Å². The van der Waals surface area contributed by atoms with Crippen LogP contribution >= 0.6 is 0 Å². The van der Waals surface area contributed by atoms with Crippen LogP contribution in [0.5, 0.6) is 0 Å². The first-order valence-corrected chi connectivity index (χ1v) is 4.09. The summed E-state index contributed by atoms with van der Waals surface area (Å²) in [6, 6.07) is 10.3. The highest BCUT2D eigenvalue weighted by atomic mass is 16.4. The number of aliphatic carboxylic acids is 2. The second-order valence-electron chi connectivity index (χ2n) is 2.68. The van der Waals surface area contributed by atoms with Gasteiger partial charge in [0, 0.05) is 11.7 Å². The normalized spacial score (nSPS) is 9.07. The molecule has 78 valence electrons. The Kier molecular flexibility index (Phi) is 3.45. The van der Waals surface area contributed by atoms with Gasteiger partial charge in [-0.3, -0.25) is 0 Å². The van der Waals surface area contributed by atoms with Crippen LogP contribution in [-0.2, 0) is 9.59 Å². The van der Waals surface area contributed by atoms with Gasteiger partial charge in [-0.15, -0.1) is 0 Å². The van der Waals surface area contributed by atoms with Crippen molar-refractivity contribution in [2.24, 2.45) is 0 Å². The van der Waals surface area contributed by atoms with E-state index in [2.05, 4.69) is 23.2 Å². The van der Waals surface area contributed by atoms with Crippen molar-refractivity contribution in [3.63, 3.8) is 0 Å². The molecular formula is C10H9NO4. The van der Waals surface area contributed by atoms with Crippen molar-refractivity contribution in [1.29, 1.82) is 0 Å². The first-order chi connectivity index (χ1) is 7.11. The molecule has 3 N–H and O–H groups in total. The van der Waals surface area contributed by atoms with Crippen molar-refractivity contribution < 1.29 is 19.8 Å². The molecule has 5 heteroatoms. The highest BCUT2D eigenvalue weighted by Crippen LogP contribution is 2.09. The van der Waals surface area contributed by atoms with E-state index in [-0.39, 0.29) is 0 Å². The lowest BCUT2D eigenvalue weighted by atomic mass is 10.3. The minimum absolute atomic E-state index is 1.21. The van der Waals surface area contributed by atoms with Crippen LogP contribution in [0.2, 0.25) is 0 Å². The lowest BCUT2D eigenvalue weighted by Crippen LogP contribution is -2.09. The van der Waals surface area contributed by atoms with Gasteiger partial charge in [0.1, 0.15) is 0 Å². The summed E-state index contributed by atoms with van der Waals surface area (Å²) >= 11 is 0. The number of fused-ring (bicyclic) bond motifs is 1. The third-order valence-corrected chi connectivity index (χ3v) is 1.65. The fourth-order valence-electron chi connectivity index (χ4n) is 0.995. The first kappa shape index (κ1) is 10.8. The molecule has 0 saturated heterocycles. The number of aromatic amines is 1. The topological polar surface area (TPSA) is 90.4 Å². The summed E-state index contributed by atoms with van der Waals surface area (Å²) in [4.78, 5) is 21.3. The largest absolute Gasteiger partial charge is 0.473 e. The number of carbonyl (C=O) groups is 2. The van der Waals surface area contributed by atoms with Gasteiger partial charge in [-0.2, -0.15) is 0 Å². The summed E-state index contributed by atoms with van der Waals surface area (Å²) < 4.78 is 0. The standard InChI is InChI=1S/C8H7N.C2H2O4/c1-2-4-8-7(3-1)5-6-9-8;3-1(4)2(5)6/h1-6,9H;(H,3,4)(H,5,6). The fourth-order valence-corrected chi connectivity index (χ4v) is 0.995. The zero-order valence-corrected chi connectivity index (χ0v) is 7.68. The molecule has 0 aliphatic rings. The van der Waals surface area contributed by atoms with E-state index >= 15 is 0 Å². The van der Waals surface area contributed by atoms with Gasteiger partial charge in [-0.25, -0.2) is 9.59 Å². The molecule has 1 aromatic heterocycles. The van der Waals surface area contributed by atoms with E-state index in [9.17, 15) is 0 Å². The van der Waals surface area contributed by atoms with Gasteiger partial charge in [0.25, 0.3) is 0 Å². The van der Waals surface area contributed by atoms with Crippen molar-refractivity contribution >= 4 is 22.8 Å². The SMILES string of the molecule is O=C(O)C(=O)O.c1ccc2[nH]ccc2c1. The summed E-state index contributed by atoms with van der Waals surface area (Å²) in [6.45, 7) is 0. The molecule has 2 rings (SSSR count). The third-order valence-electron chi connectivity index (χ3n) is 1.65. The Morgan fingerprint density at radius 1 is 1.00 bits per heavy atom. The number of aromatic nitrogens is 1. The Hall–Kier alpha value is -2.30. The molecule has 0 bridgehead atoms. The number of H-pyrrole nitrogens is 1. The van der Waals surface area contributed by atoms with E-state index in [0.29, 0.717) is 0 Å². The highest BCUT2D eigenvalue weighted by Gasteiger charge is 2.04. The minimum atomic E-state index is -1.82. The molecule has 1 aromatic carbocycles. The molecule has 0 atom stereocenters. The average molecular weight is 207 g/mol. The second kappa shape index (κ2) is 4.80. The van der Waals surface area contributed by atoms with Crippen LogP contribution in [0.25, 0.3) is 10.9 Å². The number of para-hydroxylation sites is 1. The molecule has 0 aliphatic carbocycles. The highest BCUT2D eigenvalue weighted by molar-refractivity contribution is 6.27. The Labute approximate surface area is 85.0 Å². The van der Waals surface area contributed by atoms with Crippen LogP contribution in [0.3, 0.4) is 0 Å². The Morgan fingerprint density at radius 2 is 1.60 bits per heavy atom. The molecule has 15 heavy (non-hydrogen) atoms. The lowest BCUT2D eigenvalue weighted by molar-refractivity contribution is -0.159. The summed E-state index contributed by atoms with van der Waals surface area (Å²) in [5.74, 6) is -3.65. The van der Waals surface area contributed by atoms with Crippen molar-refractivity contribution in [3.05, 3.63) is 36.5 Å². The van der Waals surface area contributed by atoms with Gasteiger partial charge in [-0.05, 0) is 17.5 Å². The van der Waals surface area contributed by atoms with Gasteiger partial charge in [0.15, 0.2) is 0 Å². The number of hydrogen-bond acceptors (Lipinski definition) is 2. The van der Waals surface area contributed by atoms with Crippen molar-refractivity contribution in [2.75, 3.05) is 0 Å². The maximum absolute atomic E-state index is 9.10. The van der Waals surface area contributed by atoms with Crippen molar-refractivity contribution in [1.82, 2.24) is 4.98 Å². The quantitative estimate of drug-likeness (QED) is 0.568. The van der Waals surface area contributed by atoms with Gasteiger partial charge in [-0.1, -0.05) is 18.2 Å². The Bertz CT molecular complexity index is 433. The lowest BCUT2D eigenvalue weighted by Gasteiger charge is -1.83. The average Bonchev–Trinajstić information content (AvgIpc) is 2.66. The number of carboxylic acids is 2. The smallest absolute Gasteiger partial charge is 0.414 e. The molecule has 2 aromatic rings. The summed E-state index contributed by atoms with van der Waals surface area (Å²) in [5.41, 5.74) is 1.21. The monoisotopic (exact) mass is 207 g/mol. The first-order valence-electron chi connectivity index (χ1n) is 4.09. The van der Waals surface area contributed by atoms with E-state index in [1.807, 2.05) is 18.3 Å². The maximum Gasteiger partial charge on any atom is 0.414 e. The van der Waals surface area contributed by atoms with Gasteiger partial charge in [0.2, 0.25) is 0 Å². The number of rotatable bonds is 0. The number of carboxylic acid groups (broad SMARTS) is 2. The van der Waals surface area contributed by atoms with Crippen LogP contribution < -0.4 is 0 Å². The summed E-state index contributed by atoms with van der Waals surface area (Å²) in [5, 5.41) is 16.1. The van der Waals surface area contributed by atoms with E-state index < -0.39 is 11.9 Å². The van der Waals surface area contributed by atoms with E-state index in [4.69, 9.17) is 19.8 Å². The number of hydrogen-bond donors (Lipinski definition) is 3. The van der Waals surface area contributed by atoms with Gasteiger partial charge >= 0.3 is 11.9 Å². The van der Waals surface area contributed by atoms with Gasteiger partial charge in [0.05, 0.1) is 0 Å². The number of benzene rings is 1. The summed E-state index contributed by atoms with van der Waals surface area (Å²) in [7, 11) is 0. The predicted octanol–water partition coefficient (Wildman–Crippen LogP) is 1.32. The van der Waals surface area contributed by atoms with Crippen LogP contribution in [0.1, 0.15) is 0 Å². The zero-order chi connectivity index (χ0) is 11.3.